The largest absolute Gasteiger partial charge is 0.459 e. The van der Waals surface area contributed by atoms with Crippen LogP contribution < -0.4 is 4.74 Å². The minimum atomic E-state index is -0.463. The first-order valence-corrected chi connectivity index (χ1v) is 9.24. The van der Waals surface area contributed by atoms with E-state index in [1.165, 1.54) is 6.07 Å². The van der Waals surface area contributed by atoms with Crippen molar-refractivity contribution in [3.8, 4) is 5.75 Å². The van der Waals surface area contributed by atoms with Crippen molar-refractivity contribution >= 4 is 11.9 Å². The number of carbonyl (C=O) groups excluding carboxylic acids is 2. The summed E-state index contributed by atoms with van der Waals surface area (Å²) in [6.07, 6.45) is 1.87. The molecule has 142 valence electrons. The maximum atomic E-state index is 12.3. The molecular formula is C22H24O5. The lowest BCUT2D eigenvalue weighted by Gasteiger charge is -2.11. The SMILES string of the molecule is CC(C)c1ccc(C(=O)Oc2cccc(C(=O)OCC3CCCO3)c2)cc1. The predicted molar refractivity (Wildman–Crippen MR) is 101 cm³/mol. The Morgan fingerprint density at radius 3 is 2.52 bits per heavy atom. The first-order valence-electron chi connectivity index (χ1n) is 9.24. The van der Waals surface area contributed by atoms with Crippen LogP contribution in [0.3, 0.4) is 0 Å². The molecule has 0 bridgehead atoms. The third kappa shape index (κ3) is 5.17. The van der Waals surface area contributed by atoms with Crippen LogP contribution >= 0.6 is 0 Å². The minimum Gasteiger partial charge on any atom is -0.459 e. The number of benzene rings is 2. The summed E-state index contributed by atoms with van der Waals surface area (Å²) < 4.78 is 16.1. The predicted octanol–water partition coefficient (Wildman–Crippen LogP) is 4.37. The summed E-state index contributed by atoms with van der Waals surface area (Å²) in [5.74, 6) is -0.216. The maximum absolute atomic E-state index is 12.3. The highest BCUT2D eigenvalue weighted by Crippen LogP contribution is 2.19. The number of hydrogen-bond donors (Lipinski definition) is 0. The molecule has 1 saturated heterocycles. The molecule has 0 spiro atoms. The Bertz CT molecular complexity index is 789. The third-order valence-corrected chi connectivity index (χ3v) is 4.52. The molecule has 2 aromatic rings. The van der Waals surface area contributed by atoms with E-state index in [-0.39, 0.29) is 12.7 Å². The van der Waals surface area contributed by atoms with Crippen LogP contribution in [0.5, 0.6) is 5.75 Å². The van der Waals surface area contributed by atoms with Gasteiger partial charge in [-0.3, -0.25) is 0 Å². The van der Waals surface area contributed by atoms with Gasteiger partial charge in [0.15, 0.2) is 0 Å². The Morgan fingerprint density at radius 1 is 1.07 bits per heavy atom. The molecule has 0 aliphatic carbocycles. The average Bonchev–Trinajstić information content (AvgIpc) is 3.20. The number of carbonyl (C=O) groups is 2. The van der Waals surface area contributed by atoms with Crippen molar-refractivity contribution in [2.24, 2.45) is 0 Å². The molecule has 27 heavy (non-hydrogen) atoms. The fourth-order valence-corrected chi connectivity index (χ4v) is 2.88. The lowest BCUT2D eigenvalue weighted by atomic mass is 10.0. The van der Waals surface area contributed by atoms with Gasteiger partial charge in [0.1, 0.15) is 12.4 Å². The van der Waals surface area contributed by atoms with Crippen molar-refractivity contribution in [1.82, 2.24) is 0 Å². The molecule has 2 aromatic carbocycles. The van der Waals surface area contributed by atoms with E-state index in [0.29, 0.717) is 29.4 Å². The first-order chi connectivity index (χ1) is 13.0. The molecule has 0 saturated carbocycles. The number of ether oxygens (including phenoxy) is 3. The summed E-state index contributed by atoms with van der Waals surface area (Å²) in [6, 6.07) is 13.8. The van der Waals surface area contributed by atoms with Gasteiger partial charge in [-0.15, -0.1) is 0 Å². The lowest BCUT2D eigenvalue weighted by molar-refractivity contribution is 0.0161. The van der Waals surface area contributed by atoms with E-state index < -0.39 is 11.9 Å². The zero-order valence-electron chi connectivity index (χ0n) is 15.6. The summed E-state index contributed by atoms with van der Waals surface area (Å²) in [7, 11) is 0. The normalized spacial score (nSPS) is 16.3. The molecule has 0 radical (unpaired) electrons. The Labute approximate surface area is 159 Å². The molecule has 1 aliphatic heterocycles. The Hall–Kier alpha value is -2.66. The molecular weight excluding hydrogens is 344 g/mol. The average molecular weight is 368 g/mol. The van der Waals surface area contributed by atoms with Gasteiger partial charge in [-0.05, 0) is 54.7 Å². The van der Waals surface area contributed by atoms with Crippen molar-refractivity contribution in [2.45, 2.75) is 38.7 Å². The summed E-state index contributed by atoms with van der Waals surface area (Å²) >= 11 is 0. The topological polar surface area (TPSA) is 61.8 Å². The summed E-state index contributed by atoms with van der Waals surface area (Å²) in [5, 5.41) is 0. The molecule has 5 nitrogen and oxygen atoms in total. The second kappa shape index (κ2) is 8.82. The van der Waals surface area contributed by atoms with Crippen molar-refractivity contribution in [3.63, 3.8) is 0 Å². The number of rotatable bonds is 6. The van der Waals surface area contributed by atoms with E-state index in [9.17, 15) is 9.59 Å². The molecule has 1 unspecified atom stereocenters. The first kappa shape index (κ1) is 19.1. The summed E-state index contributed by atoms with van der Waals surface area (Å²) in [6.45, 7) is 5.14. The molecule has 1 atom stereocenters. The van der Waals surface area contributed by atoms with Gasteiger partial charge >= 0.3 is 11.9 Å². The summed E-state index contributed by atoms with van der Waals surface area (Å²) in [5.41, 5.74) is 1.96. The minimum absolute atomic E-state index is 0.0243. The zero-order chi connectivity index (χ0) is 19.2. The van der Waals surface area contributed by atoms with E-state index in [0.717, 1.165) is 18.4 Å². The van der Waals surface area contributed by atoms with Crippen molar-refractivity contribution < 1.29 is 23.8 Å². The van der Waals surface area contributed by atoms with Crippen LogP contribution in [-0.4, -0.2) is 31.3 Å². The Balaban J connectivity index is 1.60. The van der Waals surface area contributed by atoms with Crippen molar-refractivity contribution in [1.29, 1.82) is 0 Å². The maximum Gasteiger partial charge on any atom is 0.343 e. The monoisotopic (exact) mass is 368 g/mol. The van der Waals surface area contributed by atoms with Crippen LogP contribution in [0.15, 0.2) is 48.5 Å². The van der Waals surface area contributed by atoms with E-state index in [1.54, 1.807) is 30.3 Å². The molecule has 5 heteroatoms. The van der Waals surface area contributed by atoms with Gasteiger partial charge in [-0.25, -0.2) is 9.59 Å². The zero-order valence-corrected chi connectivity index (χ0v) is 15.6. The van der Waals surface area contributed by atoms with Gasteiger partial charge in [0.05, 0.1) is 17.2 Å². The third-order valence-electron chi connectivity index (χ3n) is 4.52. The molecule has 0 N–H and O–H groups in total. The molecule has 1 fully saturated rings. The quantitative estimate of drug-likeness (QED) is 0.560. The van der Waals surface area contributed by atoms with Crippen LogP contribution in [0.1, 0.15) is 58.9 Å². The molecule has 0 amide bonds. The van der Waals surface area contributed by atoms with Crippen LogP contribution in [0.4, 0.5) is 0 Å². The van der Waals surface area contributed by atoms with Gasteiger partial charge in [0.2, 0.25) is 0 Å². The molecule has 3 rings (SSSR count). The van der Waals surface area contributed by atoms with E-state index in [1.807, 2.05) is 12.1 Å². The second-order valence-corrected chi connectivity index (χ2v) is 6.93. The van der Waals surface area contributed by atoms with Gasteiger partial charge in [-0.2, -0.15) is 0 Å². The van der Waals surface area contributed by atoms with Gasteiger partial charge < -0.3 is 14.2 Å². The number of esters is 2. The van der Waals surface area contributed by atoms with Crippen molar-refractivity contribution in [3.05, 3.63) is 65.2 Å². The highest BCUT2D eigenvalue weighted by molar-refractivity contribution is 5.92. The van der Waals surface area contributed by atoms with Crippen molar-refractivity contribution in [2.75, 3.05) is 13.2 Å². The van der Waals surface area contributed by atoms with Crippen LogP contribution in [0.25, 0.3) is 0 Å². The Kier molecular flexibility index (Phi) is 6.24. The fourth-order valence-electron chi connectivity index (χ4n) is 2.88. The molecule has 0 aromatic heterocycles. The van der Waals surface area contributed by atoms with Gasteiger partial charge in [0, 0.05) is 6.61 Å². The van der Waals surface area contributed by atoms with Crippen LogP contribution in [0.2, 0.25) is 0 Å². The number of hydrogen-bond acceptors (Lipinski definition) is 5. The van der Waals surface area contributed by atoms with E-state index in [4.69, 9.17) is 14.2 Å². The second-order valence-electron chi connectivity index (χ2n) is 6.93. The standard InChI is InChI=1S/C22H24O5/c1-15(2)16-8-10-17(11-9-16)22(24)27-19-6-3-5-18(13-19)21(23)26-14-20-7-4-12-25-20/h3,5-6,8-11,13,15,20H,4,7,12,14H2,1-2H3. The summed E-state index contributed by atoms with van der Waals surface area (Å²) in [4.78, 5) is 24.5. The highest BCUT2D eigenvalue weighted by Gasteiger charge is 2.18. The highest BCUT2D eigenvalue weighted by atomic mass is 16.6. The van der Waals surface area contributed by atoms with E-state index in [2.05, 4.69) is 13.8 Å². The Morgan fingerprint density at radius 2 is 1.85 bits per heavy atom. The molecule has 1 aliphatic rings. The lowest BCUT2D eigenvalue weighted by Crippen LogP contribution is -2.18. The van der Waals surface area contributed by atoms with Gasteiger partial charge in [-0.1, -0.05) is 32.0 Å². The van der Waals surface area contributed by atoms with Crippen LogP contribution in [-0.2, 0) is 9.47 Å². The smallest absolute Gasteiger partial charge is 0.343 e. The van der Waals surface area contributed by atoms with Gasteiger partial charge in [0.25, 0.3) is 0 Å². The van der Waals surface area contributed by atoms with Crippen LogP contribution in [0, 0.1) is 0 Å². The molecule has 1 heterocycles. The fraction of sp³-hybridized carbons (Fsp3) is 0.364. The van der Waals surface area contributed by atoms with E-state index >= 15 is 0 Å².